The monoisotopic (exact) mass is 416 g/mol. The summed E-state index contributed by atoms with van der Waals surface area (Å²) in [5.41, 5.74) is 3.72. The van der Waals surface area contributed by atoms with Crippen LogP contribution < -0.4 is 4.74 Å². The number of hydrogen-bond donors (Lipinski definition) is 1. The number of aliphatic hydroxyl groups is 1. The zero-order valence-electron chi connectivity index (χ0n) is 12.3. The van der Waals surface area contributed by atoms with Crippen LogP contribution in [0.25, 0.3) is 0 Å². The maximum absolute atomic E-state index is 9.50. The lowest BCUT2D eigenvalue weighted by molar-refractivity contribution is 0.253. The molecule has 0 aliphatic carbocycles. The fourth-order valence-corrected chi connectivity index (χ4v) is 3.29. The molecule has 0 radical (unpaired) electrons. The predicted octanol–water partition coefficient (Wildman–Crippen LogP) is 4.12. The zero-order valence-corrected chi connectivity index (χ0v) is 15.5. The van der Waals surface area contributed by atoms with E-state index in [0.29, 0.717) is 6.61 Å². The molecule has 0 spiro atoms. The van der Waals surface area contributed by atoms with Crippen molar-refractivity contribution < 1.29 is 9.84 Å². The summed E-state index contributed by atoms with van der Waals surface area (Å²) in [6.45, 7) is 7.12. The zero-order chi connectivity index (χ0) is 15.6. The van der Waals surface area contributed by atoms with E-state index in [9.17, 15) is 5.11 Å². The average Bonchev–Trinajstić information content (AvgIpc) is 2.72. The van der Waals surface area contributed by atoms with Gasteiger partial charge in [-0.1, -0.05) is 15.9 Å². The number of ether oxygens (including phenoxy) is 1. The number of benzene rings is 1. The van der Waals surface area contributed by atoms with Gasteiger partial charge in [0.15, 0.2) is 0 Å². The summed E-state index contributed by atoms with van der Waals surface area (Å²) in [6, 6.07) is 3.85. The standard InChI is InChI=1S/C15H18Br2N2O2/c1-4-19-13(14(17)10(3)18-19)8-21-15-9(2)5-12(16)6-11(15)7-20/h5-6,20H,4,7-8H2,1-3H3. The van der Waals surface area contributed by atoms with E-state index in [1.54, 1.807) is 0 Å². The third-order valence-corrected chi connectivity index (χ3v) is 4.78. The minimum atomic E-state index is -0.0527. The van der Waals surface area contributed by atoms with E-state index in [4.69, 9.17) is 4.74 Å². The third kappa shape index (κ3) is 3.49. The second-order valence-electron chi connectivity index (χ2n) is 4.82. The van der Waals surface area contributed by atoms with Crippen molar-refractivity contribution in [2.24, 2.45) is 0 Å². The van der Waals surface area contributed by atoms with Crippen LogP contribution in [0.3, 0.4) is 0 Å². The molecule has 2 rings (SSSR count). The van der Waals surface area contributed by atoms with E-state index in [2.05, 4.69) is 37.0 Å². The van der Waals surface area contributed by atoms with Gasteiger partial charge in [0.25, 0.3) is 0 Å². The van der Waals surface area contributed by atoms with Crippen molar-refractivity contribution in [2.45, 2.75) is 40.5 Å². The second-order valence-corrected chi connectivity index (χ2v) is 6.53. The summed E-state index contributed by atoms with van der Waals surface area (Å²) in [5.74, 6) is 0.731. The first-order valence-corrected chi connectivity index (χ1v) is 8.31. The molecule has 21 heavy (non-hydrogen) atoms. The van der Waals surface area contributed by atoms with E-state index < -0.39 is 0 Å². The smallest absolute Gasteiger partial charge is 0.131 e. The molecule has 1 N–H and O–H groups in total. The highest BCUT2D eigenvalue weighted by Crippen LogP contribution is 2.30. The molecule has 0 bridgehead atoms. The van der Waals surface area contributed by atoms with Crippen LogP contribution in [0.5, 0.6) is 5.75 Å². The molecule has 0 aliphatic rings. The van der Waals surface area contributed by atoms with E-state index in [-0.39, 0.29) is 6.61 Å². The molecule has 0 aliphatic heterocycles. The second kappa shape index (κ2) is 6.94. The number of hydrogen-bond acceptors (Lipinski definition) is 3. The van der Waals surface area contributed by atoms with Crippen molar-refractivity contribution >= 4 is 31.9 Å². The minimum absolute atomic E-state index is 0.0527. The van der Waals surface area contributed by atoms with Gasteiger partial charge in [0.05, 0.1) is 22.5 Å². The van der Waals surface area contributed by atoms with Crippen molar-refractivity contribution in [3.05, 3.63) is 43.6 Å². The number of nitrogens with zero attached hydrogens (tertiary/aromatic N) is 2. The Bertz CT molecular complexity index is 654. The molecule has 1 aromatic heterocycles. The molecule has 2 aromatic rings. The molecule has 0 amide bonds. The van der Waals surface area contributed by atoms with Crippen molar-refractivity contribution in [2.75, 3.05) is 0 Å². The Morgan fingerprint density at radius 2 is 2.00 bits per heavy atom. The maximum Gasteiger partial charge on any atom is 0.131 e. The van der Waals surface area contributed by atoms with Gasteiger partial charge in [0.2, 0.25) is 0 Å². The van der Waals surface area contributed by atoms with Gasteiger partial charge >= 0.3 is 0 Å². The van der Waals surface area contributed by atoms with E-state index in [1.807, 2.05) is 37.6 Å². The highest BCUT2D eigenvalue weighted by atomic mass is 79.9. The van der Waals surface area contributed by atoms with Gasteiger partial charge in [0.1, 0.15) is 12.4 Å². The number of halogens is 2. The quantitative estimate of drug-likeness (QED) is 0.795. The van der Waals surface area contributed by atoms with E-state index >= 15 is 0 Å². The summed E-state index contributed by atoms with van der Waals surface area (Å²) in [6.07, 6.45) is 0. The highest BCUT2D eigenvalue weighted by Gasteiger charge is 2.15. The van der Waals surface area contributed by atoms with Crippen molar-refractivity contribution in [1.29, 1.82) is 0 Å². The summed E-state index contributed by atoms with van der Waals surface area (Å²) in [4.78, 5) is 0. The average molecular weight is 418 g/mol. The van der Waals surface area contributed by atoms with Crippen LogP contribution in [0.4, 0.5) is 0 Å². The Labute approximate surface area is 141 Å². The lowest BCUT2D eigenvalue weighted by Crippen LogP contribution is -2.08. The first-order chi connectivity index (χ1) is 9.97. The summed E-state index contributed by atoms with van der Waals surface area (Å²) < 4.78 is 9.80. The summed E-state index contributed by atoms with van der Waals surface area (Å²) in [7, 11) is 0. The van der Waals surface area contributed by atoms with Gasteiger partial charge in [-0.3, -0.25) is 4.68 Å². The van der Waals surface area contributed by atoms with Gasteiger partial charge in [-0.15, -0.1) is 0 Å². The molecule has 0 saturated heterocycles. The predicted molar refractivity (Wildman–Crippen MR) is 89.5 cm³/mol. The molecular weight excluding hydrogens is 400 g/mol. The third-order valence-electron chi connectivity index (χ3n) is 3.29. The SMILES string of the molecule is CCn1nc(C)c(Br)c1COc1c(C)cc(Br)cc1CO. The molecule has 114 valence electrons. The Morgan fingerprint density at radius 1 is 1.29 bits per heavy atom. The van der Waals surface area contributed by atoms with Crippen molar-refractivity contribution in [3.63, 3.8) is 0 Å². The fraction of sp³-hybridized carbons (Fsp3) is 0.400. The fourth-order valence-electron chi connectivity index (χ4n) is 2.27. The number of aromatic nitrogens is 2. The molecule has 4 nitrogen and oxygen atoms in total. The first-order valence-electron chi connectivity index (χ1n) is 6.72. The lowest BCUT2D eigenvalue weighted by Gasteiger charge is -2.14. The van der Waals surface area contributed by atoms with Crippen LogP contribution in [0.1, 0.15) is 29.4 Å². The highest BCUT2D eigenvalue weighted by molar-refractivity contribution is 9.10. The van der Waals surface area contributed by atoms with Gasteiger partial charge < -0.3 is 9.84 Å². The normalized spacial score (nSPS) is 11.0. The molecule has 0 saturated carbocycles. The van der Waals surface area contributed by atoms with Gasteiger partial charge in [-0.05, 0) is 54.4 Å². The largest absolute Gasteiger partial charge is 0.487 e. The van der Waals surface area contributed by atoms with Gasteiger partial charge in [0, 0.05) is 16.6 Å². The first kappa shape index (κ1) is 16.5. The van der Waals surface area contributed by atoms with Crippen molar-refractivity contribution in [1.82, 2.24) is 9.78 Å². The van der Waals surface area contributed by atoms with E-state index in [0.717, 1.165) is 43.8 Å². The Kier molecular flexibility index (Phi) is 5.46. The summed E-state index contributed by atoms with van der Waals surface area (Å²) >= 11 is 6.99. The molecule has 1 aromatic carbocycles. The molecule has 0 unspecified atom stereocenters. The number of aliphatic hydroxyl groups excluding tert-OH is 1. The van der Waals surface area contributed by atoms with Gasteiger partial charge in [-0.2, -0.15) is 5.10 Å². The lowest BCUT2D eigenvalue weighted by atomic mass is 10.1. The van der Waals surface area contributed by atoms with Crippen LogP contribution in [-0.2, 0) is 19.8 Å². The topological polar surface area (TPSA) is 47.3 Å². The summed E-state index contributed by atoms with van der Waals surface area (Å²) in [5, 5.41) is 13.9. The van der Waals surface area contributed by atoms with E-state index in [1.165, 1.54) is 0 Å². The van der Waals surface area contributed by atoms with Crippen LogP contribution in [-0.4, -0.2) is 14.9 Å². The Hall–Kier alpha value is -0.850. The Balaban J connectivity index is 2.29. The minimum Gasteiger partial charge on any atom is -0.487 e. The van der Waals surface area contributed by atoms with Crippen LogP contribution in [0.15, 0.2) is 21.1 Å². The maximum atomic E-state index is 9.50. The molecule has 6 heteroatoms. The van der Waals surface area contributed by atoms with Gasteiger partial charge in [-0.25, -0.2) is 0 Å². The van der Waals surface area contributed by atoms with Crippen LogP contribution in [0, 0.1) is 13.8 Å². The number of aryl methyl sites for hydroxylation is 3. The molecule has 1 heterocycles. The Morgan fingerprint density at radius 3 is 2.62 bits per heavy atom. The molecular formula is C15H18Br2N2O2. The molecule has 0 fully saturated rings. The van der Waals surface area contributed by atoms with Crippen molar-refractivity contribution in [3.8, 4) is 5.75 Å². The van der Waals surface area contributed by atoms with Crippen LogP contribution >= 0.6 is 31.9 Å². The molecule has 0 atom stereocenters. The van der Waals surface area contributed by atoms with Crippen LogP contribution in [0.2, 0.25) is 0 Å². The number of rotatable bonds is 5.